The Kier molecular flexibility index (Phi) is 5.30. The topological polar surface area (TPSA) is 72.2 Å². The first-order chi connectivity index (χ1) is 13.1. The molecule has 0 unspecified atom stereocenters. The summed E-state index contributed by atoms with van der Waals surface area (Å²) in [5.74, 6) is -1.98. The number of aromatic nitrogens is 4. The fourth-order valence-electron chi connectivity index (χ4n) is 2.82. The summed E-state index contributed by atoms with van der Waals surface area (Å²) in [6.45, 7) is 3.52. The van der Waals surface area contributed by atoms with Crippen molar-refractivity contribution >= 4 is 11.7 Å². The van der Waals surface area contributed by atoms with Crippen LogP contribution in [0.15, 0.2) is 24.3 Å². The largest absolute Gasteiger partial charge is 0.453 e. The van der Waals surface area contributed by atoms with Crippen LogP contribution in [-0.4, -0.2) is 25.5 Å². The lowest BCUT2D eigenvalue weighted by molar-refractivity contribution is -0.144. The zero-order valence-electron chi connectivity index (χ0n) is 15.1. The number of carbonyl (C=O) groups is 1. The van der Waals surface area contributed by atoms with Crippen molar-refractivity contribution in [3.8, 4) is 0 Å². The Morgan fingerprint density at radius 1 is 1.14 bits per heavy atom. The van der Waals surface area contributed by atoms with Gasteiger partial charge in [-0.15, -0.1) is 5.10 Å². The van der Waals surface area contributed by atoms with Crippen molar-refractivity contribution in [2.45, 2.75) is 39.4 Å². The number of rotatable bonds is 5. The van der Waals surface area contributed by atoms with Gasteiger partial charge < -0.3 is 5.32 Å². The third-order valence-electron chi connectivity index (χ3n) is 4.31. The molecule has 0 atom stereocenters. The Labute approximate surface area is 157 Å². The van der Waals surface area contributed by atoms with E-state index in [2.05, 4.69) is 20.4 Å². The number of benzene rings is 1. The van der Waals surface area contributed by atoms with Crippen LogP contribution in [0.5, 0.6) is 0 Å². The van der Waals surface area contributed by atoms with Gasteiger partial charge in [0.1, 0.15) is 5.82 Å². The minimum Gasteiger partial charge on any atom is -0.352 e. The molecule has 0 saturated carbocycles. The van der Waals surface area contributed by atoms with Gasteiger partial charge in [0.2, 0.25) is 5.91 Å². The number of fused-ring (bicyclic) bond motifs is 1. The van der Waals surface area contributed by atoms with Gasteiger partial charge in [-0.2, -0.15) is 18.2 Å². The molecule has 0 radical (unpaired) electrons. The fraction of sp³-hybridized carbons (Fsp3) is 0.333. The van der Waals surface area contributed by atoms with Crippen LogP contribution in [0.1, 0.15) is 34.8 Å². The molecule has 28 heavy (non-hydrogen) atoms. The Morgan fingerprint density at radius 3 is 2.46 bits per heavy atom. The van der Waals surface area contributed by atoms with E-state index >= 15 is 0 Å². The van der Waals surface area contributed by atoms with Crippen LogP contribution in [0.3, 0.4) is 0 Å². The van der Waals surface area contributed by atoms with E-state index in [1.54, 1.807) is 26.0 Å². The lowest BCUT2D eigenvalue weighted by atomic mass is 10.1. The molecule has 148 valence electrons. The molecular formula is C18H17F4N5O. The second kappa shape index (κ2) is 7.53. The number of hydrogen-bond donors (Lipinski definition) is 1. The second-order valence-corrected chi connectivity index (χ2v) is 6.31. The molecule has 0 saturated heterocycles. The summed E-state index contributed by atoms with van der Waals surface area (Å²) in [6, 6.07) is 5.76. The highest BCUT2D eigenvalue weighted by Gasteiger charge is 2.36. The average Bonchev–Trinajstić information content (AvgIpc) is 3.05. The van der Waals surface area contributed by atoms with Crippen LogP contribution < -0.4 is 5.32 Å². The van der Waals surface area contributed by atoms with Gasteiger partial charge in [0.05, 0.1) is 0 Å². The number of halogens is 4. The molecule has 0 spiro atoms. The molecule has 3 aromatic rings. The highest BCUT2D eigenvalue weighted by Crippen LogP contribution is 2.27. The van der Waals surface area contributed by atoms with E-state index in [1.165, 1.54) is 12.1 Å². The molecule has 2 heterocycles. The Morgan fingerprint density at radius 2 is 1.82 bits per heavy atom. The van der Waals surface area contributed by atoms with Crippen molar-refractivity contribution in [1.29, 1.82) is 0 Å². The van der Waals surface area contributed by atoms with E-state index in [4.69, 9.17) is 0 Å². The first-order valence-corrected chi connectivity index (χ1v) is 8.46. The van der Waals surface area contributed by atoms with Gasteiger partial charge in [-0.25, -0.2) is 13.9 Å². The van der Waals surface area contributed by atoms with Crippen molar-refractivity contribution in [2.75, 3.05) is 0 Å². The standard InChI is InChI=1S/C18H17F4N5O/c1-10-14(7-8-15(28)23-9-12-3-5-13(19)6-4-12)11(2)27-17(24-10)25-16(26-27)18(20,21)22/h3-6H,7-9H2,1-2H3,(H,23,28). The predicted molar refractivity (Wildman–Crippen MR) is 91.8 cm³/mol. The third-order valence-corrected chi connectivity index (χ3v) is 4.31. The van der Waals surface area contributed by atoms with Gasteiger partial charge in [-0.1, -0.05) is 12.1 Å². The van der Waals surface area contributed by atoms with Gasteiger partial charge in [-0.05, 0) is 43.5 Å². The first-order valence-electron chi connectivity index (χ1n) is 8.46. The number of alkyl halides is 3. The molecule has 6 nitrogen and oxygen atoms in total. The highest BCUT2D eigenvalue weighted by molar-refractivity contribution is 5.76. The van der Waals surface area contributed by atoms with E-state index in [1.807, 2.05) is 0 Å². The molecule has 2 aromatic heterocycles. The second-order valence-electron chi connectivity index (χ2n) is 6.31. The van der Waals surface area contributed by atoms with Crippen molar-refractivity contribution in [3.05, 3.63) is 58.4 Å². The van der Waals surface area contributed by atoms with Crippen LogP contribution in [-0.2, 0) is 23.9 Å². The monoisotopic (exact) mass is 395 g/mol. The Hall–Kier alpha value is -3.04. The Balaban J connectivity index is 1.69. The summed E-state index contributed by atoms with van der Waals surface area (Å²) in [6.07, 6.45) is -4.25. The van der Waals surface area contributed by atoms with Gasteiger partial charge in [0.15, 0.2) is 0 Å². The van der Waals surface area contributed by atoms with Crippen LogP contribution in [0.2, 0.25) is 0 Å². The first kappa shape index (κ1) is 19.7. The number of amides is 1. The Bertz CT molecular complexity index is 1010. The summed E-state index contributed by atoms with van der Waals surface area (Å²) in [5.41, 5.74) is 2.35. The summed E-state index contributed by atoms with van der Waals surface area (Å²) < 4.78 is 52.4. The molecule has 0 fully saturated rings. The molecule has 1 N–H and O–H groups in total. The molecule has 0 aliphatic heterocycles. The summed E-state index contributed by atoms with van der Waals surface area (Å²) in [7, 11) is 0. The zero-order chi connectivity index (χ0) is 20.5. The van der Waals surface area contributed by atoms with E-state index < -0.39 is 12.0 Å². The fourth-order valence-corrected chi connectivity index (χ4v) is 2.82. The van der Waals surface area contributed by atoms with Crippen molar-refractivity contribution < 1.29 is 22.4 Å². The lowest BCUT2D eigenvalue weighted by Gasteiger charge is -2.10. The highest BCUT2D eigenvalue weighted by atomic mass is 19.4. The number of nitrogens with zero attached hydrogens (tertiary/aromatic N) is 4. The number of carbonyl (C=O) groups excluding carboxylic acids is 1. The quantitative estimate of drug-likeness (QED) is 0.674. The predicted octanol–water partition coefficient (Wildman–Crippen LogP) is 3.15. The summed E-state index contributed by atoms with van der Waals surface area (Å²) in [4.78, 5) is 19.6. The maximum atomic E-state index is 12.9. The summed E-state index contributed by atoms with van der Waals surface area (Å²) >= 11 is 0. The van der Waals surface area contributed by atoms with Crippen LogP contribution >= 0.6 is 0 Å². The van der Waals surface area contributed by atoms with Gasteiger partial charge in [0, 0.05) is 24.4 Å². The van der Waals surface area contributed by atoms with Crippen LogP contribution in [0.25, 0.3) is 5.78 Å². The maximum Gasteiger partial charge on any atom is 0.453 e. The van der Waals surface area contributed by atoms with E-state index in [9.17, 15) is 22.4 Å². The number of hydrogen-bond acceptors (Lipinski definition) is 4. The third kappa shape index (κ3) is 4.26. The zero-order valence-corrected chi connectivity index (χ0v) is 15.1. The SMILES string of the molecule is Cc1nc2nc(C(F)(F)F)nn2c(C)c1CCC(=O)NCc1ccc(F)cc1. The minimum atomic E-state index is -4.66. The average molecular weight is 395 g/mol. The maximum absolute atomic E-state index is 12.9. The van der Waals surface area contributed by atoms with Crippen LogP contribution in [0, 0.1) is 19.7 Å². The lowest BCUT2D eigenvalue weighted by Crippen LogP contribution is -2.23. The molecular weight excluding hydrogens is 378 g/mol. The molecule has 0 bridgehead atoms. The van der Waals surface area contributed by atoms with E-state index in [0.29, 0.717) is 17.0 Å². The van der Waals surface area contributed by atoms with Crippen molar-refractivity contribution in [2.24, 2.45) is 0 Å². The van der Waals surface area contributed by atoms with Gasteiger partial charge in [0.25, 0.3) is 11.6 Å². The summed E-state index contributed by atoms with van der Waals surface area (Å²) in [5, 5.41) is 6.21. The number of aryl methyl sites for hydroxylation is 2. The smallest absolute Gasteiger partial charge is 0.352 e. The van der Waals surface area contributed by atoms with E-state index in [-0.39, 0.29) is 36.9 Å². The van der Waals surface area contributed by atoms with E-state index in [0.717, 1.165) is 10.1 Å². The van der Waals surface area contributed by atoms with Gasteiger partial charge >= 0.3 is 6.18 Å². The van der Waals surface area contributed by atoms with Crippen LogP contribution in [0.4, 0.5) is 17.6 Å². The molecule has 0 aliphatic rings. The van der Waals surface area contributed by atoms with Gasteiger partial charge in [-0.3, -0.25) is 4.79 Å². The minimum absolute atomic E-state index is 0.122. The molecule has 10 heteroatoms. The molecule has 1 amide bonds. The molecule has 3 rings (SSSR count). The molecule has 1 aromatic carbocycles. The normalized spacial score (nSPS) is 11.8. The number of nitrogens with one attached hydrogen (secondary N) is 1. The van der Waals surface area contributed by atoms with Crippen molar-refractivity contribution in [1.82, 2.24) is 24.9 Å². The molecule has 0 aliphatic carbocycles. The van der Waals surface area contributed by atoms with Crippen molar-refractivity contribution in [3.63, 3.8) is 0 Å².